The minimum Gasteiger partial charge on any atom is -0.365 e. The number of hydrogen-bond acceptors (Lipinski definition) is 6. The molecule has 0 atom stereocenters. The molecule has 0 unspecified atom stereocenters. The van der Waals surface area contributed by atoms with E-state index in [4.69, 9.17) is 16.7 Å². The minimum atomic E-state index is -4.11. The average molecular weight is 403 g/mol. The summed E-state index contributed by atoms with van der Waals surface area (Å²) in [7, 11) is -7.98. The number of nitrogens with one attached hydrogen (secondary N) is 3. The lowest BCUT2D eigenvalue weighted by molar-refractivity contribution is 0.314. The van der Waals surface area contributed by atoms with Crippen molar-refractivity contribution < 1.29 is 16.8 Å². The zero-order chi connectivity index (χ0) is 16.2. The monoisotopic (exact) mass is 402 g/mol. The lowest BCUT2D eigenvalue weighted by atomic mass is 9.98. The molecule has 0 bridgehead atoms. The zero-order valence-corrected chi connectivity index (χ0v) is 15.0. The highest BCUT2D eigenvalue weighted by Crippen LogP contribution is 2.37. The van der Waals surface area contributed by atoms with Gasteiger partial charge in [-0.3, -0.25) is 0 Å². The number of piperidine rings is 1. The van der Waals surface area contributed by atoms with Crippen molar-refractivity contribution in [1.29, 1.82) is 0 Å². The van der Waals surface area contributed by atoms with Crippen LogP contribution in [-0.2, 0) is 20.0 Å². The fraction of sp³-hybridized carbons (Fsp3) is 0.455. The lowest BCUT2D eigenvalue weighted by Crippen LogP contribution is -2.61. The van der Waals surface area contributed by atoms with Crippen LogP contribution in [0.3, 0.4) is 0 Å². The summed E-state index contributed by atoms with van der Waals surface area (Å²) in [5, 5.41) is 11.2. The van der Waals surface area contributed by atoms with Gasteiger partial charge in [0.2, 0.25) is 20.0 Å². The maximum absolute atomic E-state index is 12.5. The van der Waals surface area contributed by atoms with E-state index in [1.807, 2.05) is 0 Å². The number of nitrogens with two attached hydrogens (primary N) is 1. The molecule has 2 aliphatic heterocycles. The van der Waals surface area contributed by atoms with Crippen LogP contribution >= 0.6 is 24.0 Å². The third kappa shape index (κ3) is 3.43. The first-order chi connectivity index (χ1) is 10.1. The molecule has 2 aliphatic rings. The van der Waals surface area contributed by atoms with Crippen LogP contribution in [0.1, 0.15) is 12.8 Å². The summed E-state index contributed by atoms with van der Waals surface area (Å²) in [5.41, 5.74) is -0.512. The molecular weight excluding hydrogens is 387 g/mol. The highest BCUT2D eigenvalue weighted by molar-refractivity contribution is 7.90. The fourth-order valence-corrected chi connectivity index (χ4v) is 5.47. The second kappa shape index (κ2) is 6.03. The molecule has 1 spiro atoms. The van der Waals surface area contributed by atoms with E-state index in [0.717, 1.165) is 6.07 Å². The molecule has 3 rings (SSSR count). The van der Waals surface area contributed by atoms with E-state index in [1.54, 1.807) is 0 Å². The smallest absolute Gasteiger partial charge is 0.244 e. The van der Waals surface area contributed by atoms with Crippen molar-refractivity contribution in [2.24, 2.45) is 5.14 Å². The Morgan fingerprint density at radius 1 is 1.22 bits per heavy atom. The molecule has 12 heteroatoms. The summed E-state index contributed by atoms with van der Waals surface area (Å²) < 4.78 is 50.6. The molecular formula is C11H16Cl2N4O4S2. The maximum atomic E-state index is 12.5. The van der Waals surface area contributed by atoms with Gasteiger partial charge in [-0.2, -0.15) is 4.72 Å². The highest BCUT2D eigenvalue weighted by Gasteiger charge is 2.42. The first-order valence-electron chi connectivity index (χ1n) is 6.52. The number of anilines is 1. The highest BCUT2D eigenvalue weighted by atomic mass is 35.5. The number of sulfonamides is 2. The van der Waals surface area contributed by atoms with E-state index in [9.17, 15) is 16.8 Å². The summed E-state index contributed by atoms with van der Waals surface area (Å²) in [5.74, 6) is 0. The SMILES string of the molecule is Cl.NS(=O)(=O)c1cc2c(cc1Cl)NC1(CCNCC1)NS2(=O)=O. The van der Waals surface area contributed by atoms with Gasteiger partial charge in [0.25, 0.3) is 0 Å². The lowest BCUT2D eigenvalue weighted by Gasteiger charge is -2.43. The Balaban J connectivity index is 0.00000192. The number of rotatable bonds is 1. The number of halogens is 2. The third-order valence-corrected chi connectivity index (χ3v) is 6.74. The third-order valence-electron chi connectivity index (χ3n) is 3.79. The van der Waals surface area contributed by atoms with Gasteiger partial charge in [0.15, 0.2) is 0 Å². The molecule has 23 heavy (non-hydrogen) atoms. The number of primary sulfonamides is 1. The topological polar surface area (TPSA) is 130 Å². The molecule has 1 saturated heterocycles. The molecule has 0 amide bonds. The summed E-state index contributed by atoms with van der Waals surface area (Å²) >= 11 is 5.94. The molecule has 5 N–H and O–H groups in total. The minimum absolute atomic E-state index is 0. The van der Waals surface area contributed by atoms with Crippen molar-refractivity contribution in [2.45, 2.75) is 28.3 Å². The van der Waals surface area contributed by atoms with Crippen molar-refractivity contribution in [3.63, 3.8) is 0 Å². The Morgan fingerprint density at radius 3 is 2.39 bits per heavy atom. The van der Waals surface area contributed by atoms with Crippen LogP contribution < -0.4 is 20.5 Å². The first-order valence-corrected chi connectivity index (χ1v) is 9.93. The zero-order valence-electron chi connectivity index (χ0n) is 11.8. The quantitative estimate of drug-likeness (QED) is 0.530. The van der Waals surface area contributed by atoms with Crippen LogP contribution in [0.2, 0.25) is 5.02 Å². The Bertz CT molecular complexity index is 836. The van der Waals surface area contributed by atoms with Crippen LogP contribution in [0.25, 0.3) is 0 Å². The first kappa shape index (κ1) is 18.7. The van der Waals surface area contributed by atoms with E-state index < -0.39 is 30.6 Å². The average Bonchev–Trinajstić information content (AvgIpc) is 2.36. The number of hydrogen-bond donors (Lipinski definition) is 4. The molecule has 0 aliphatic carbocycles. The van der Waals surface area contributed by atoms with E-state index in [-0.39, 0.29) is 28.0 Å². The molecule has 1 aromatic carbocycles. The largest absolute Gasteiger partial charge is 0.365 e. The van der Waals surface area contributed by atoms with Gasteiger partial charge in [0.05, 0.1) is 10.7 Å². The van der Waals surface area contributed by atoms with Gasteiger partial charge in [-0.25, -0.2) is 22.0 Å². The van der Waals surface area contributed by atoms with Crippen LogP contribution in [0.5, 0.6) is 0 Å². The normalized spacial score (nSPS) is 21.8. The van der Waals surface area contributed by atoms with E-state index in [2.05, 4.69) is 15.4 Å². The molecule has 0 radical (unpaired) electrons. The van der Waals surface area contributed by atoms with Crippen molar-refractivity contribution >= 4 is 49.7 Å². The Morgan fingerprint density at radius 2 is 1.83 bits per heavy atom. The second-order valence-corrected chi connectivity index (χ2v) is 8.97. The van der Waals surface area contributed by atoms with Gasteiger partial charge in [0.1, 0.15) is 15.5 Å². The number of benzene rings is 1. The number of fused-ring (bicyclic) bond motifs is 1. The van der Waals surface area contributed by atoms with Crippen molar-refractivity contribution in [3.05, 3.63) is 17.2 Å². The van der Waals surface area contributed by atoms with Gasteiger partial charge in [0, 0.05) is 0 Å². The predicted octanol–water partition coefficient (Wildman–Crippen LogP) is 0.193. The molecule has 130 valence electrons. The summed E-state index contributed by atoms with van der Waals surface area (Å²) in [4.78, 5) is -0.591. The fourth-order valence-electron chi connectivity index (χ4n) is 2.75. The summed E-state index contributed by atoms with van der Waals surface area (Å²) in [6.07, 6.45) is 1.11. The molecule has 1 fully saturated rings. The van der Waals surface area contributed by atoms with Gasteiger partial charge in [-0.1, -0.05) is 11.6 Å². The van der Waals surface area contributed by atoms with Crippen molar-refractivity contribution in [2.75, 3.05) is 18.4 Å². The second-order valence-electron chi connectivity index (χ2n) is 5.39. The predicted molar refractivity (Wildman–Crippen MR) is 88.9 cm³/mol. The summed E-state index contributed by atoms with van der Waals surface area (Å²) in [6.45, 7) is 1.32. The summed E-state index contributed by atoms with van der Waals surface area (Å²) in [6, 6.07) is 2.27. The molecule has 0 saturated carbocycles. The molecule has 1 aromatic rings. The Labute approximate surface area is 145 Å². The van der Waals surface area contributed by atoms with Gasteiger partial charge in [-0.05, 0) is 38.1 Å². The molecule has 0 aromatic heterocycles. The standard InChI is InChI=1S/C11H15ClN4O4S2.ClH/c12-7-5-8-10(6-9(7)21(13,17)18)22(19,20)16-11(15-8)1-3-14-4-2-11;/h5-6,14-16H,1-4H2,(H2,13,17,18);1H. The molecule has 2 heterocycles. The van der Waals surface area contributed by atoms with Crippen LogP contribution in [0.15, 0.2) is 21.9 Å². The Kier molecular flexibility index (Phi) is 4.91. The maximum Gasteiger partial charge on any atom is 0.244 e. The van der Waals surface area contributed by atoms with Crippen LogP contribution in [0.4, 0.5) is 5.69 Å². The van der Waals surface area contributed by atoms with Gasteiger partial charge >= 0.3 is 0 Å². The van der Waals surface area contributed by atoms with Crippen molar-refractivity contribution in [1.82, 2.24) is 10.0 Å². The molecule has 8 nitrogen and oxygen atoms in total. The van der Waals surface area contributed by atoms with E-state index >= 15 is 0 Å². The Hall–Kier alpha value is -0.620. The van der Waals surface area contributed by atoms with Crippen molar-refractivity contribution in [3.8, 4) is 0 Å². The van der Waals surface area contributed by atoms with E-state index in [1.165, 1.54) is 6.07 Å². The van der Waals surface area contributed by atoms with Gasteiger partial charge in [-0.15, -0.1) is 12.4 Å². The van der Waals surface area contributed by atoms with E-state index in [0.29, 0.717) is 25.9 Å². The van der Waals surface area contributed by atoms with Crippen LogP contribution in [0, 0.1) is 0 Å². The van der Waals surface area contributed by atoms with Crippen LogP contribution in [-0.4, -0.2) is 35.6 Å². The van der Waals surface area contributed by atoms with Gasteiger partial charge < -0.3 is 10.6 Å².